The van der Waals surface area contributed by atoms with Crippen molar-refractivity contribution in [2.24, 2.45) is 5.92 Å². The van der Waals surface area contributed by atoms with E-state index < -0.39 is 28.5 Å². The Balaban J connectivity index is 1.83. The zero-order chi connectivity index (χ0) is 33.4. The zero-order valence-corrected chi connectivity index (χ0v) is 28.9. The fraction of sp³-hybridized carbons (Fsp3) is 0.257. The van der Waals surface area contributed by atoms with E-state index in [-0.39, 0.29) is 35.4 Å². The van der Waals surface area contributed by atoms with Crippen molar-refractivity contribution < 1.29 is 18.0 Å². The number of hydrogen-bond acceptors (Lipinski definition) is 4. The Morgan fingerprint density at radius 3 is 2.00 bits per heavy atom. The Hall–Kier alpha value is -3.56. The largest absolute Gasteiger partial charge is 0.354 e. The molecule has 0 aliphatic rings. The van der Waals surface area contributed by atoms with Crippen LogP contribution in [0.4, 0.5) is 5.69 Å². The van der Waals surface area contributed by atoms with Crippen LogP contribution in [0.3, 0.4) is 0 Å². The lowest BCUT2D eigenvalue weighted by molar-refractivity contribution is -0.140. The summed E-state index contributed by atoms with van der Waals surface area (Å²) in [4.78, 5) is 29.8. The van der Waals surface area contributed by atoms with Gasteiger partial charge in [0.05, 0.1) is 10.6 Å². The summed E-state index contributed by atoms with van der Waals surface area (Å²) < 4.78 is 29.3. The Morgan fingerprint density at radius 2 is 1.41 bits per heavy atom. The molecule has 0 aliphatic carbocycles. The lowest BCUT2D eigenvalue weighted by Crippen LogP contribution is -2.53. The third kappa shape index (κ3) is 9.04. The molecule has 4 rings (SSSR count). The number of sulfonamides is 1. The van der Waals surface area contributed by atoms with Crippen molar-refractivity contribution >= 4 is 62.3 Å². The van der Waals surface area contributed by atoms with Crippen LogP contribution in [0.25, 0.3) is 0 Å². The summed E-state index contributed by atoms with van der Waals surface area (Å²) in [7, 11) is -4.24. The van der Waals surface area contributed by atoms with Gasteiger partial charge in [-0.3, -0.25) is 13.9 Å². The molecule has 4 aromatic rings. The molecule has 0 bridgehead atoms. The number of rotatable bonds is 13. The van der Waals surface area contributed by atoms with Crippen LogP contribution in [-0.2, 0) is 32.6 Å². The van der Waals surface area contributed by atoms with Gasteiger partial charge in [0, 0.05) is 40.1 Å². The molecule has 46 heavy (non-hydrogen) atoms. The highest BCUT2D eigenvalue weighted by Crippen LogP contribution is 2.29. The van der Waals surface area contributed by atoms with Crippen molar-refractivity contribution in [2.75, 3.05) is 17.4 Å². The molecular formula is C35H36Cl3N3O4S. The van der Waals surface area contributed by atoms with Crippen LogP contribution >= 0.6 is 34.8 Å². The average molecular weight is 701 g/mol. The molecule has 0 fully saturated rings. The lowest BCUT2D eigenvalue weighted by atomic mass is 10.0. The summed E-state index contributed by atoms with van der Waals surface area (Å²) in [5, 5.41) is 3.99. The minimum absolute atomic E-state index is 0.0112. The first-order valence-corrected chi connectivity index (χ1v) is 17.3. The molecule has 0 saturated carbocycles. The smallest absolute Gasteiger partial charge is 0.264 e. The minimum atomic E-state index is -4.24. The van der Waals surface area contributed by atoms with Crippen LogP contribution < -0.4 is 9.62 Å². The van der Waals surface area contributed by atoms with Gasteiger partial charge in [0.15, 0.2) is 0 Å². The minimum Gasteiger partial charge on any atom is -0.354 e. The molecule has 0 spiro atoms. The molecule has 242 valence electrons. The first-order chi connectivity index (χ1) is 21.9. The fourth-order valence-corrected chi connectivity index (χ4v) is 6.86. The molecular weight excluding hydrogens is 665 g/mol. The van der Waals surface area contributed by atoms with Crippen molar-refractivity contribution in [3.8, 4) is 0 Å². The topological polar surface area (TPSA) is 86.8 Å². The molecule has 4 aromatic carbocycles. The summed E-state index contributed by atoms with van der Waals surface area (Å²) >= 11 is 19.3. The van der Waals surface area contributed by atoms with Crippen LogP contribution in [0.1, 0.15) is 30.5 Å². The van der Waals surface area contributed by atoms with Gasteiger partial charge in [-0.2, -0.15) is 0 Å². The van der Waals surface area contributed by atoms with Gasteiger partial charge in [-0.05, 0) is 66.9 Å². The second kappa shape index (κ2) is 15.8. The Bertz CT molecular complexity index is 1730. The van der Waals surface area contributed by atoms with Gasteiger partial charge in [0.2, 0.25) is 11.8 Å². The van der Waals surface area contributed by atoms with E-state index >= 15 is 0 Å². The molecule has 2 amide bonds. The van der Waals surface area contributed by atoms with Crippen molar-refractivity contribution in [1.82, 2.24) is 10.2 Å². The SMILES string of the molecule is Cc1ccc(S(=O)(=O)N(CC(=O)N(Cc2c(Cl)cccc2Cl)[C@H](Cc2ccccc2)C(=O)NCC(C)C)c2ccc(Cl)cc2)cc1. The number of halogens is 3. The van der Waals surface area contributed by atoms with Crippen LogP contribution in [0.15, 0.2) is 102 Å². The predicted octanol–water partition coefficient (Wildman–Crippen LogP) is 7.56. The number of amides is 2. The van der Waals surface area contributed by atoms with Gasteiger partial charge in [-0.1, -0.05) is 103 Å². The summed E-state index contributed by atoms with van der Waals surface area (Å²) in [6.07, 6.45) is 0.171. The van der Waals surface area contributed by atoms with Gasteiger partial charge in [0.25, 0.3) is 10.0 Å². The maximum atomic E-state index is 14.6. The van der Waals surface area contributed by atoms with E-state index in [2.05, 4.69) is 5.32 Å². The number of nitrogens with zero attached hydrogens (tertiary/aromatic N) is 2. The highest BCUT2D eigenvalue weighted by molar-refractivity contribution is 7.92. The van der Waals surface area contributed by atoms with Crippen molar-refractivity contribution in [3.63, 3.8) is 0 Å². The van der Waals surface area contributed by atoms with Gasteiger partial charge in [-0.15, -0.1) is 0 Å². The highest BCUT2D eigenvalue weighted by Gasteiger charge is 2.35. The Morgan fingerprint density at radius 1 is 0.804 bits per heavy atom. The molecule has 11 heteroatoms. The third-order valence-corrected chi connectivity index (χ3v) is 10.1. The molecule has 0 saturated heterocycles. The summed E-state index contributed by atoms with van der Waals surface area (Å²) in [5.74, 6) is -0.848. The number of anilines is 1. The molecule has 0 aliphatic heterocycles. The summed E-state index contributed by atoms with van der Waals surface area (Å²) in [5.41, 5.74) is 2.37. The number of nitrogens with one attached hydrogen (secondary N) is 1. The third-order valence-electron chi connectivity index (χ3n) is 7.35. The maximum absolute atomic E-state index is 14.6. The lowest BCUT2D eigenvalue weighted by Gasteiger charge is -2.34. The van der Waals surface area contributed by atoms with E-state index in [1.807, 2.05) is 51.1 Å². The first-order valence-electron chi connectivity index (χ1n) is 14.8. The number of carbonyl (C=O) groups excluding carboxylic acids is 2. The predicted molar refractivity (Wildman–Crippen MR) is 186 cm³/mol. The van der Waals surface area contributed by atoms with Gasteiger partial charge in [-0.25, -0.2) is 8.42 Å². The van der Waals surface area contributed by atoms with E-state index in [1.54, 1.807) is 42.5 Å². The van der Waals surface area contributed by atoms with Crippen molar-refractivity contribution in [3.05, 3.63) is 129 Å². The summed E-state index contributed by atoms with van der Waals surface area (Å²) in [6, 6.07) is 25.8. The van der Waals surface area contributed by atoms with Crippen LogP contribution in [0.2, 0.25) is 15.1 Å². The Kier molecular flexibility index (Phi) is 12.1. The molecule has 7 nitrogen and oxygen atoms in total. The standard InChI is InChI=1S/C35H36Cl3N3O4S/c1-24(2)21-39-35(43)33(20-26-8-5-4-6-9-26)40(22-30-31(37)10-7-11-32(30)38)34(42)23-41(28-16-14-27(36)15-17-28)46(44,45)29-18-12-25(3)13-19-29/h4-19,24,33H,20-23H2,1-3H3,(H,39,43)/t33-/m1/s1. The van der Waals surface area contributed by atoms with Crippen LogP contribution in [0.5, 0.6) is 0 Å². The number of benzene rings is 4. The molecule has 0 aromatic heterocycles. The number of carbonyl (C=O) groups is 2. The highest BCUT2D eigenvalue weighted by atomic mass is 35.5. The second-order valence-electron chi connectivity index (χ2n) is 11.4. The van der Waals surface area contributed by atoms with Crippen LogP contribution in [0, 0.1) is 12.8 Å². The number of aryl methyl sites for hydroxylation is 1. The van der Waals surface area contributed by atoms with Crippen molar-refractivity contribution in [2.45, 2.75) is 44.7 Å². The molecule has 1 atom stereocenters. The van der Waals surface area contributed by atoms with Gasteiger partial charge < -0.3 is 10.2 Å². The summed E-state index contributed by atoms with van der Waals surface area (Å²) in [6.45, 7) is 5.44. The normalized spacial score (nSPS) is 12.1. The second-order valence-corrected chi connectivity index (χ2v) is 14.5. The van der Waals surface area contributed by atoms with E-state index in [9.17, 15) is 18.0 Å². The Labute approximate surface area is 286 Å². The van der Waals surface area contributed by atoms with E-state index in [0.717, 1.165) is 15.4 Å². The molecule has 0 heterocycles. The number of hydrogen-bond donors (Lipinski definition) is 1. The van der Waals surface area contributed by atoms with Gasteiger partial charge >= 0.3 is 0 Å². The quantitative estimate of drug-likeness (QED) is 0.156. The molecule has 0 radical (unpaired) electrons. The maximum Gasteiger partial charge on any atom is 0.264 e. The fourth-order valence-electron chi connectivity index (χ4n) is 4.80. The van der Waals surface area contributed by atoms with E-state index in [4.69, 9.17) is 34.8 Å². The molecule has 0 unspecified atom stereocenters. The monoisotopic (exact) mass is 699 g/mol. The molecule has 1 N–H and O–H groups in total. The van der Waals surface area contributed by atoms with Gasteiger partial charge in [0.1, 0.15) is 12.6 Å². The first kappa shape index (κ1) is 35.3. The zero-order valence-electron chi connectivity index (χ0n) is 25.8. The van der Waals surface area contributed by atoms with E-state index in [0.29, 0.717) is 27.2 Å². The van der Waals surface area contributed by atoms with Crippen molar-refractivity contribution in [1.29, 1.82) is 0 Å². The van der Waals surface area contributed by atoms with E-state index in [1.165, 1.54) is 29.2 Å². The average Bonchev–Trinajstić information content (AvgIpc) is 3.02. The van der Waals surface area contributed by atoms with Crippen LogP contribution in [-0.4, -0.2) is 44.3 Å².